The first-order valence-electron chi connectivity index (χ1n) is 15.0. The number of nitro groups is 1. The Kier molecular flexibility index (Phi) is 13.3. The number of nitrogens with zero attached hydrogens (tertiary/aromatic N) is 5. The minimum absolute atomic E-state index is 0.00276. The fraction of sp³-hybridized carbons (Fsp3) is 0.375. The largest absolute Gasteiger partial charge is 0.480 e. The molecule has 3 N–H and O–H groups in total. The number of carboxylic acid groups (broad SMARTS) is 1. The first-order valence-corrected chi connectivity index (χ1v) is 16.6. The Bertz CT molecular complexity index is 1670. The second kappa shape index (κ2) is 16.9. The molecule has 14 nitrogen and oxygen atoms in total. The molecule has 0 saturated heterocycles. The number of nitro benzene ring substituents is 1. The van der Waals surface area contributed by atoms with Gasteiger partial charge in [0.1, 0.15) is 11.6 Å². The van der Waals surface area contributed by atoms with Gasteiger partial charge in [-0.25, -0.2) is 14.8 Å². The zero-order chi connectivity index (χ0) is 35.7. The molecule has 0 radical (unpaired) electrons. The molecule has 0 aliphatic carbocycles. The van der Waals surface area contributed by atoms with Gasteiger partial charge in [-0.2, -0.15) is 0 Å². The van der Waals surface area contributed by atoms with Gasteiger partial charge in [0.05, 0.1) is 16.1 Å². The number of carboxylic acids is 1. The van der Waals surface area contributed by atoms with Crippen LogP contribution >= 0.6 is 23.4 Å². The summed E-state index contributed by atoms with van der Waals surface area (Å²) in [6.07, 6.45) is 2.95. The maximum Gasteiger partial charge on any atom is 0.326 e. The zero-order valence-corrected chi connectivity index (χ0v) is 29.0. The molecule has 0 unspecified atom stereocenters. The van der Waals surface area contributed by atoms with Crippen molar-refractivity contribution in [2.45, 2.75) is 64.3 Å². The Morgan fingerprint density at radius 2 is 1.69 bits per heavy atom. The van der Waals surface area contributed by atoms with Crippen molar-refractivity contribution in [3.05, 3.63) is 80.6 Å². The number of aliphatic carboxylic acids is 1. The average molecular weight is 700 g/mol. The van der Waals surface area contributed by atoms with Crippen molar-refractivity contribution >= 4 is 64.1 Å². The summed E-state index contributed by atoms with van der Waals surface area (Å²) in [5.74, 6) is -2.92. The summed E-state index contributed by atoms with van der Waals surface area (Å²) >= 11 is 7.34. The second-order valence-electron chi connectivity index (χ2n) is 11.3. The molecule has 3 amide bonds. The van der Waals surface area contributed by atoms with E-state index in [1.54, 1.807) is 35.4 Å². The molecule has 1 aromatic heterocycles. The highest BCUT2D eigenvalue weighted by atomic mass is 35.5. The Hall–Kier alpha value is -4.76. The van der Waals surface area contributed by atoms with Crippen LogP contribution in [0, 0.1) is 10.1 Å². The van der Waals surface area contributed by atoms with E-state index in [1.807, 2.05) is 32.6 Å². The lowest BCUT2D eigenvalue weighted by molar-refractivity contribution is -0.385. The van der Waals surface area contributed by atoms with E-state index < -0.39 is 34.4 Å². The Balaban J connectivity index is 1.79. The number of carbonyl (C=O) groups is 4. The van der Waals surface area contributed by atoms with Gasteiger partial charge in [0.2, 0.25) is 5.91 Å². The quantitative estimate of drug-likeness (QED) is 0.0846. The molecular formula is C32H38ClN7O7S. The number of aromatic nitrogens is 2. The monoisotopic (exact) mass is 699 g/mol. The van der Waals surface area contributed by atoms with E-state index in [9.17, 15) is 34.4 Å². The fourth-order valence-corrected chi connectivity index (χ4v) is 5.44. The third-order valence-corrected chi connectivity index (χ3v) is 8.20. The summed E-state index contributed by atoms with van der Waals surface area (Å²) in [6.45, 7) is 9.91. The lowest BCUT2D eigenvalue weighted by Gasteiger charge is -2.33. The van der Waals surface area contributed by atoms with Gasteiger partial charge in [-0.3, -0.25) is 24.5 Å². The van der Waals surface area contributed by atoms with Crippen molar-refractivity contribution in [2.24, 2.45) is 0 Å². The fourth-order valence-electron chi connectivity index (χ4n) is 4.92. The molecule has 1 heterocycles. The summed E-state index contributed by atoms with van der Waals surface area (Å²) < 4.78 is 0. The Morgan fingerprint density at radius 3 is 2.23 bits per heavy atom. The van der Waals surface area contributed by atoms with Gasteiger partial charge >= 0.3 is 5.97 Å². The molecule has 0 spiro atoms. The van der Waals surface area contributed by atoms with Gasteiger partial charge in [-0.1, -0.05) is 35.5 Å². The van der Waals surface area contributed by atoms with Crippen molar-refractivity contribution in [3.8, 4) is 0 Å². The number of thioether (sulfide) groups is 1. The third kappa shape index (κ3) is 9.87. The first-order chi connectivity index (χ1) is 22.6. The van der Waals surface area contributed by atoms with Crippen LogP contribution in [-0.4, -0.2) is 86.1 Å². The number of hydrogen-bond donors (Lipinski definition) is 3. The van der Waals surface area contributed by atoms with Gasteiger partial charge in [0.25, 0.3) is 17.5 Å². The van der Waals surface area contributed by atoms with E-state index in [4.69, 9.17) is 11.6 Å². The van der Waals surface area contributed by atoms with E-state index in [2.05, 4.69) is 20.6 Å². The molecule has 1 atom stereocenters. The van der Waals surface area contributed by atoms with Crippen molar-refractivity contribution in [2.75, 3.05) is 29.6 Å². The SMILES string of the molecule is CSc1ncc(Cl)c(C(=O)Nc2ccc(C[C@H](NC(=O)c3cc(N(CCN(C(C)=O)C(C)C)C(C)C)ccc3[N+](=O)[O-])C(=O)O)cc2)n1. The summed E-state index contributed by atoms with van der Waals surface area (Å²) in [4.78, 5) is 73.4. The molecule has 16 heteroatoms. The molecule has 3 rings (SSSR count). The average Bonchev–Trinajstić information content (AvgIpc) is 3.02. The van der Waals surface area contributed by atoms with Crippen LogP contribution in [0.15, 0.2) is 53.8 Å². The highest BCUT2D eigenvalue weighted by Crippen LogP contribution is 2.27. The zero-order valence-electron chi connectivity index (χ0n) is 27.4. The van der Waals surface area contributed by atoms with E-state index in [1.165, 1.54) is 43.1 Å². The summed E-state index contributed by atoms with van der Waals surface area (Å²) in [5.41, 5.74) is 0.627. The maximum atomic E-state index is 13.4. The lowest BCUT2D eigenvalue weighted by Crippen LogP contribution is -2.44. The normalized spacial score (nSPS) is 11.6. The van der Waals surface area contributed by atoms with Crippen molar-refractivity contribution in [1.29, 1.82) is 0 Å². The van der Waals surface area contributed by atoms with Crippen LogP contribution in [0.2, 0.25) is 5.02 Å². The Morgan fingerprint density at radius 1 is 1.02 bits per heavy atom. The molecule has 0 fully saturated rings. The highest BCUT2D eigenvalue weighted by molar-refractivity contribution is 7.98. The standard InChI is InChI=1S/C32H38ClN7O7S/c1-18(2)38(20(5)41)13-14-39(19(3)4)23-11-12-27(40(46)47)24(16-23)29(42)36-26(31(44)45)15-21-7-9-22(10-8-21)35-30(43)28-25(33)17-34-32(37-28)48-6/h7-12,16-19,26H,13-15H2,1-6H3,(H,35,43)(H,36,42)(H,44,45)/t26-/m0/s1. The van der Waals surface area contributed by atoms with E-state index in [0.717, 1.165) is 0 Å². The van der Waals surface area contributed by atoms with Crippen LogP contribution in [0.3, 0.4) is 0 Å². The van der Waals surface area contributed by atoms with Crippen LogP contribution < -0.4 is 15.5 Å². The molecule has 0 bridgehead atoms. The number of nitrogens with one attached hydrogen (secondary N) is 2. The molecule has 256 valence electrons. The topological polar surface area (TPSA) is 188 Å². The predicted molar refractivity (Wildman–Crippen MR) is 184 cm³/mol. The molecule has 0 aliphatic rings. The maximum absolute atomic E-state index is 13.4. The molecular weight excluding hydrogens is 662 g/mol. The van der Waals surface area contributed by atoms with Gasteiger partial charge in [0, 0.05) is 56.0 Å². The summed E-state index contributed by atoms with van der Waals surface area (Å²) in [5, 5.41) is 27.4. The summed E-state index contributed by atoms with van der Waals surface area (Å²) in [7, 11) is 0. The van der Waals surface area contributed by atoms with Gasteiger partial charge in [-0.05, 0) is 63.8 Å². The number of amides is 3. The molecule has 0 saturated carbocycles. The van der Waals surface area contributed by atoms with Crippen LogP contribution in [0.25, 0.3) is 0 Å². The first kappa shape index (κ1) is 37.7. The van der Waals surface area contributed by atoms with Crippen molar-refractivity contribution in [1.82, 2.24) is 20.2 Å². The number of halogens is 1. The Labute approximate surface area is 287 Å². The number of hydrogen-bond acceptors (Lipinski definition) is 10. The minimum Gasteiger partial charge on any atom is -0.480 e. The van der Waals surface area contributed by atoms with E-state index >= 15 is 0 Å². The van der Waals surface area contributed by atoms with Crippen molar-refractivity contribution < 1.29 is 29.2 Å². The predicted octanol–water partition coefficient (Wildman–Crippen LogP) is 4.91. The lowest BCUT2D eigenvalue weighted by atomic mass is 10.0. The molecule has 48 heavy (non-hydrogen) atoms. The second-order valence-corrected chi connectivity index (χ2v) is 12.5. The summed E-state index contributed by atoms with van der Waals surface area (Å²) in [6, 6.07) is 8.82. The van der Waals surface area contributed by atoms with E-state index in [0.29, 0.717) is 35.2 Å². The number of anilines is 2. The molecule has 2 aromatic carbocycles. The van der Waals surface area contributed by atoms with Gasteiger partial charge in [-0.15, -0.1) is 0 Å². The van der Waals surface area contributed by atoms with Gasteiger partial charge in [0.15, 0.2) is 10.9 Å². The molecule has 0 aliphatic heterocycles. The van der Waals surface area contributed by atoms with Gasteiger partial charge < -0.3 is 25.5 Å². The smallest absolute Gasteiger partial charge is 0.326 e. The number of carbonyl (C=O) groups excluding carboxylic acids is 3. The number of benzene rings is 2. The van der Waals surface area contributed by atoms with Crippen LogP contribution in [-0.2, 0) is 16.0 Å². The number of rotatable bonds is 15. The highest BCUT2D eigenvalue weighted by Gasteiger charge is 2.28. The van der Waals surface area contributed by atoms with E-state index in [-0.39, 0.29) is 40.7 Å². The van der Waals surface area contributed by atoms with Crippen LogP contribution in [0.4, 0.5) is 17.1 Å². The van der Waals surface area contributed by atoms with Crippen LogP contribution in [0.5, 0.6) is 0 Å². The minimum atomic E-state index is -1.43. The molecule has 3 aromatic rings. The van der Waals surface area contributed by atoms with Crippen molar-refractivity contribution in [3.63, 3.8) is 0 Å². The van der Waals surface area contributed by atoms with Crippen LogP contribution in [0.1, 0.15) is 61.0 Å². The third-order valence-electron chi connectivity index (χ3n) is 7.36.